The number of nitrogens with zero attached hydrogens (tertiary/aromatic N) is 1. The van der Waals surface area contributed by atoms with Gasteiger partial charge < -0.3 is 31.7 Å². The van der Waals surface area contributed by atoms with Crippen molar-refractivity contribution >= 4 is 5.91 Å². The second-order valence-corrected chi connectivity index (χ2v) is 6.18. The molecule has 0 aromatic carbocycles. The minimum absolute atomic E-state index is 0.416. The van der Waals surface area contributed by atoms with Crippen LogP contribution in [0.4, 0.5) is 0 Å². The number of aliphatic hydroxyl groups is 2. The van der Waals surface area contributed by atoms with E-state index >= 15 is 0 Å². The number of nitrogens with one attached hydrogen (secondary N) is 2. The molecular formula is C15H25N5O6. The molecule has 2 rings (SSSR count). The highest BCUT2D eigenvalue weighted by molar-refractivity contribution is 5.81. The number of carbonyl (C=O) groups is 1. The van der Waals surface area contributed by atoms with Crippen LogP contribution in [0.3, 0.4) is 0 Å². The summed E-state index contributed by atoms with van der Waals surface area (Å²) < 4.78 is 6.52. The van der Waals surface area contributed by atoms with Crippen LogP contribution in [0, 0.1) is 0 Å². The number of aromatic nitrogens is 2. The van der Waals surface area contributed by atoms with E-state index in [1.807, 2.05) is 0 Å². The molecule has 1 aliphatic heterocycles. The fraction of sp³-hybridized carbons (Fsp3) is 0.667. The first-order chi connectivity index (χ1) is 12.4. The smallest absolute Gasteiger partial charge is 0.330 e. The van der Waals surface area contributed by atoms with Gasteiger partial charge in [0.2, 0.25) is 5.91 Å². The fourth-order valence-electron chi connectivity index (χ4n) is 2.83. The Bertz CT molecular complexity index is 719. The van der Waals surface area contributed by atoms with Crippen LogP contribution in [0.2, 0.25) is 0 Å². The Balaban J connectivity index is 2.17. The maximum absolute atomic E-state index is 12.3. The Hall–Kier alpha value is -2.05. The molecule has 0 radical (unpaired) electrons. The van der Waals surface area contributed by atoms with Crippen molar-refractivity contribution in [2.75, 3.05) is 13.2 Å². The molecule has 11 nitrogen and oxygen atoms in total. The summed E-state index contributed by atoms with van der Waals surface area (Å²) in [6.45, 7) is -0.0103. The molecule has 1 aliphatic rings. The normalized spacial score (nSPS) is 26.6. The third-order valence-electron chi connectivity index (χ3n) is 4.29. The van der Waals surface area contributed by atoms with Crippen LogP contribution in [0.1, 0.15) is 25.5 Å². The van der Waals surface area contributed by atoms with Gasteiger partial charge in [0.15, 0.2) is 6.23 Å². The lowest BCUT2D eigenvalue weighted by Crippen LogP contribution is -2.52. The summed E-state index contributed by atoms with van der Waals surface area (Å²) in [4.78, 5) is 37.6. The van der Waals surface area contributed by atoms with Gasteiger partial charge in [-0.25, -0.2) is 4.79 Å². The average molecular weight is 371 g/mol. The van der Waals surface area contributed by atoms with E-state index in [-0.39, 0.29) is 0 Å². The Morgan fingerprint density at radius 3 is 2.77 bits per heavy atom. The number of hydrogen-bond donors (Lipinski definition) is 6. The van der Waals surface area contributed by atoms with Crippen molar-refractivity contribution in [1.29, 1.82) is 0 Å². The van der Waals surface area contributed by atoms with Crippen molar-refractivity contribution in [2.24, 2.45) is 11.5 Å². The molecule has 1 aromatic heterocycles. The molecule has 0 bridgehead atoms. The minimum atomic E-state index is -1.26. The van der Waals surface area contributed by atoms with Crippen molar-refractivity contribution in [3.05, 3.63) is 33.1 Å². The first-order valence-electron chi connectivity index (χ1n) is 8.41. The molecule has 1 aromatic rings. The first kappa shape index (κ1) is 20.3. The summed E-state index contributed by atoms with van der Waals surface area (Å²) in [6, 6.07) is -0.723. The molecule has 5 atom stereocenters. The number of aromatic amines is 1. The van der Waals surface area contributed by atoms with E-state index < -0.39 is 54.3 Å². The van der Waals surface area contributed by atoms with Crippen molar-refractivity contribution in [3.63, 3.8) is 0 Å². The number of carbonyl (C=O) groups excluding carboxylic acids is 1. The van der Waals surface area contributed by atoms with E-state index in [9.17, 15) is 24.6 Å². The Morgan fingerprint density at radius 1 is 1.42 bits per heavy atom. The molecule has 3 unspecified atom stereocenters. The molecule has 8 N–H and O–H groups in total. The van der Waals surface area contributed by atoms with Crippen LogP contribution in [0.5, 0.6) is 0 Å². The zero-order valence-electron chi connectivity index (χ0n) is 14.2. The summed E-state index contributed by atoms with van der Waals surface area (Å²) >= 11 is 0. The summed E-state index contributed by atoms with van der Waals surface area (Å²) in [5.74, 6) is -0.518. The fourth-order valence-corrected chi connectivity index (χ4v) is 2.83. The minimum Gasteiger partial charge on any atom is -0.394 e. The Morgan fingerprint density at radius 2 is 2.15 bits per heavy atom. The topological polar surface area (TPSA) is 186 Å². The second kappa shape index (κ2) is 9.05. The van der Waals surface area contributed by atoms with Crippen LogP contribution in [0.25, 0.3) is 0 Å². The predicted octanol–water partition coefficient (Wildman–Crippen LogP) is -3.27. The standard InChI is InChI=1S/C15H25N5O6/c16-5-2-1-3-8(17)13(24)19-11-12(23)9(7-21)26-14(11)20-6-4-10(22)18-15(20)25/h4,6,8-9,11-12,14,21,23H,1-3,5,7,16-17H2,(H,19,24)(H,18,22,25)/t8?,9-,11?,12?,14-/m1/s1. The van der Waals surface area contributed by atoms with Gasteiger partial charge in [-0.15, -0.1) is 0 Å². The number of hydrogen-bond acceptors (Lipinski definition) is 8. The number of ether oxygens (including phenoxy) is 1. The second-order valence-electron chi connectivity index (χ2n) is 6.18. The number of aliphatic hydroxyl groups excluding tert-OH is 2. The summed E-state index contributed by atoms with van der Waals surface area (Å²) in [6.07, 6.45) is -0.346. The number of nitrogens with two attached hydrogens (primary N) is 2. The monoisotopic (exact) mass is 371 g/mol. The number of amides is 1. The van der Waals surface area contributed by atoms with Gasteiger partial charge in [0, 0.05) is 12.3 Å². The Kier molecular flexibility index (Phi) is 7.06. The van der Waals surface area contributed by atoms with Crippen molar-refractivity contribution in [2.45, 2.75) is 49.8 Å². The molecule has 1 fully saturated rings. The largest absolute Gasteiger partial charge is 0.394 e. The van der Waals surface area contributed by atoms with Crippen LogP contribution in [0.15, 0.2) is 21.9 Å². The van der Waals surface area contributed by atoms with Gasteiger partial charge in [-0.05, 0) is 19.4 Å². The van der Waals surface area contributed by atoms with Gasteiger partial charge in [-0.3, -0.25) is 19.1 Å². The quantitative estimate of drug-likeness (QED) is 0.257. The number of H-pyrrole nitrogens is 1. The van der Waals surface area contributed by atoms with Crippen LogP contribution < -0.4 is 28.0 Å². The third kappa shape index (κ3) is 4.56. The van der Waals surface area contributed by atoms with Crippen molar-refractivity contribution in [3.8, 4) is 0 Å². The lowest BCUT2D eigenvalue weighted by Gasteiger charge is -2.24. The van der Waals surface area contributed by atoms with Crippen LogP contribution in [-0.2, 0) is 9.53 Å². The van der Waals surface area contributed by atoms with E-state index in [1.165, 1.54) is 6.20 Å². The molecule has 26 heavy (non-hydrogen) atoms. The van der Waals surface area contributed by atoms with Crippen molar-refractivity contribution in [1.82, 2.24) is 14.9 Å². The van der Waals surface area contributed by atoms with E-state index in [0.717, 1.165) is 17.1 Å². The van der Waals surface area contributed by atoms with Gasteiger partial charge in [-0.2, -0.15) is 0 Å². The summed E-state index contributed by atoms with van der Waals surface area (Å²) in [7, 11) is 0. The molecule has 2 heterocycles. The van der Waals surface area contributed by atoms with E-state index in [4.69, 9.17) is 16.2 Å². The maximum atomic E-state index is 12.3. The molecule has 1 saturated heterocycles. The van der Waals surface area contributed by atoms with E-state index in [0.29, 0.717) is 19.4 Å². The summed E-state index contributed by atoms with van der Waals surface area (Å²) in [5, 5.41) is 22.2. The van der Waals surface area contributed by atoms with Gasteiger partial charge in [0.05, 0.1) is 12.6 Å². The lowest BCUT2D eigenvalue weighted by molar-refractivity contribution is -0.124. The molecule has 0 saturated carbocycles. The van der Waals surface area contributed by atoms with Gasteiger partial charge in [0.1, 0.15) is 18.2 Å². The maximum Gasteiger partial charge on any atom is 0.330 e. The highest BCUT2D eigenvalue weighted by atomic mass is 16.5. The van der Waals surface area contributed by atoms with Crippen LogP contribution >= 0.6 is 0 Å². The van der Waals surface area contributed by atoms with E-state index in [2.05, 4.69) is 10.3 Å². The van der Waals surface area contributed by atoms with Gasteiger partial charge in [-0.1, -0.05) is 6.42 Å². The molecule has 1 amide bonds. The molecule has 0 spiro atoms. The zero-order valence-corrected chi connectivity index (χ0v) is 14.2. The van der Waals surface area contributed by atoms with Crippen molar-refractivity contribution < 1.29 is 19.7 Å². The number of unbranched alkanes of at least 4 members (excludes halogenated alkanes) is 1. The SMILES string of the molecule is NCCCCC(N)C(=O)NC1C(O)[C@@H](CO)O[C@H]1n1ccc(=O)[nH]c1=O. The highest BCUT2D eigenvalue weighted by Gasteiger charge is 2.45. The highest BCUT2D eigenvalue weighted by Crippen LogP contribution is 2.28. The van der Waals surface area contributed by atoms with Gasteiger partial charge >= 0.3 is 5.69 Å². The summed E-state index contributed by atoms with van der Waals surface area (Å²) in [5.41, 5.74) is 9.89. The molecular weight excluding hydrogens is 346 g/mol. The number of rotatable bonds is 8. The third-order valence-corrected chi connectivity index (χ3v) is 4.29. The predicted molar refractivity (Wildman–Crippen MR) is 91.1 cm³/mol. The zero-order chi connectivity index (χ0) is 19.3. The average Bonchev–Trinajstić information content (AvgIpc) is 2.91. The molecule has 146 valence electrons. The van der Waals surface area contributed by atoms with Gasteiger partial charge in [0.25, 0.3) is 5.56 Å². The molecule has 0 aliphatic carbocycles. The molecule has 11 heteroatoms. The lowest BCUT2D eigenvalue weighted by atomic mass is 10.1. The first-order valence-corrected chi connectivity index (χ1v) is 8.41. The van der Waals surface area contributed by atoms with Crippen LogP contribution in [-0.4, -0.2) is 63.1 Å². The van der Waals surface area contributed by atoms with E-state index in [1.54, 1.807) is 0 Å². The Labute approximate surface area is 149 Å².